The third kappa shape index (κ3) is 4.11. The fourth-order valence-corrected chi connectivity index (χ4v) is 2.71. The van der Waals surface area contributed by atoms with Crippen molar-refractivity contribution < 1.29 is 0 Å². The van der Waals surface area contributed by atoms with Gasteiger partial charge in [-0.1, -0.05) is 52.3 Å². The molecule has 0 radical (unpaired) electrons. The number of benzene rings is 2. The SMILES string of the molecule is Cc1ccc(Nc2ccnc(NC(C)c3ccccc3)n2)cc1Br. The molecule has 1 aromatic heterocycles. The van der Waals surface area contributed by atoms with E-state index < -0.39 is 0 Å². The number of nitrogens with zero attached hydrogens (tertiary/aromatic N) is 2. The van der Waals surface area contributed by atoms with E-state index in [9.17, 15) is 0 Å². The predicted octanol–water partition coefficient (Wildman–Crippen LogP) is 5.46. The summed E-state index contributed by atoms with van der Waals surface area (Å²) in [5, 5.41) is 6.64. The maximum atomic E-state index is 4.54. The van der Waals surface area contributed by atoms with Gasteiger partial charge in [0.15, 0.2) is 0 Å². The number of hydrogen-bond acceptors (Lipinski definition) is 4. The predicted molar refractivity (Wildman–Crippen MR) is 103 cm³/mol. The van der Waals surface area contributed by atoms with Gasteiger partial charge in [-0.3, -0.25) is 0 Å². The summed E-state index contributed by atoms with van der Waals surface area (Å²) in [7, 11) is 0. The minimum Gasteiger partial charge on any atom is -0.348 e. The van der Waals surface area contributed by atoms with E-state index in [0.717, 1.165) is 16.0 Å². The monoisotopic (exact) mass is 382 g/mol. The van der Waals surface area contributed by atoms with Gasteiger partial charge in [0.1, 0.15) is 5.82 Å². The Hall–Kier alpha value is -2.40. The van der Waals surface area contributed by atoms with Gasteiger partial charge in [0.25, 0.3) is 0 Å². The highest BCUT2D eigenvalue weighted by molar-refractivity contribution is 9.10. The molecule has 2 aromatic carbocycles. The van der Waals surface area contributed by atoms with Gasteiger partial charge in [0.2, 0.25) is 5.95 Å². The molecule has 1 unspecified atom stereocenters. The fraction of sp³-hybridized carbons (Fsp3) is 0.158. The Morgan fingerprint density at radius 3 is 2.58 bits per heavy atom. The molecule has 0 aliphatic carbocycles. The van der Waals surface area contributed by atoms with Crippen molar-refractivity contribution in [3.8, 4) is 0 Å². The van der Waals surface area contributed by atoms with E-state index in [2.05, 4.69) is 68.6 Å². The normalized spacial score (nSPS) is 11.8. The van der Waals surface area contributed by atoms with Gasteiger partial charge in [0.05, 0.1) is 6.04 Å². The van der Waals surface area contributed by atoms with E-state index in [-0.39, 0.29) is 6.04 Å². The second-order valence-electron chi connectivity index (χ2n) is 5.63. The zero-order valence-corrected chi connectivity index (χ0v) is 15.2. The molecular weight excluding hydrogens is 364 g/mol. The highest BCUT2D eigenvalue weighted by Crippen LogP contribution is 2.23. The molecule has 5 heteroatoms. The molecule has 1 heterocycles. The first kappa shape index (κ1) is 16.5. The maximum absolute atomic E-state index is 4.54. The number of aryl methyl sites for hydroxylation is 1. The molecule has 1 atom stereocenters. The molecule has 0 fully saturated rings. The summed E-state index contributed by atoms with van der Waals surface area (Å²) < 4.78 is 1.07. The highest BCUT2D eigenvalue weighted by atomic mass is 79.9. The van der Waals surface area contributed by atoms with Crippen LogP contribution in [0.2, 0.25) is 0 Å². The van der Waals surface area contributed by atoms with Crippen molar-refractivity contribution in [1.82, 2.24) is 9.97 Å². The minimum atomic E-state index is 0.134. The molecule has 0 spiro atoms. The molecular formula is C19H19BrN4. The number of aromatic nitrogens is 2. The largest absolute Gasteiger partial charge is 0.348 e. The molecule has 3 aromatic rings. The molecule has 122 valence electrons. The fourth-order valence-electron chi connectivity index (χ4n) is 2.34. The van der Waals surface area contributed by atoms with Gasteiger partial charge in [-0.25, -0.2) is 4.98 Å². The number of rotatable bonds is 5. The highest BCUT2D eigenvalue weighted by Gasteiger charge is 2.07. The van der Waals surface area contributed by atoms with Crippen molar-refractivity contribution in [3.05, 3.63) is 76.4 Å². The van der Waals surface area contributed by atoms with Crippen molar-refractivity contribution in [3.63, 3.8) is 0 Å². The topological polar surface area (TPSA) is 49.8 Å². The number of anilines is 3. The smallest absolute Gasteiger partial charge is 0.225 e. The van der Waals surface area contributed by atoms with Gasteiger partial charge in [0, 0.05) is 16.4 Å². The molecule has 0 bridgehead atoms. The average molecular weight is 383 g/mol. The Kier molecular flexibility index (Phi) is 5.11. The Bertz CT molecular complexity index is 821. The number of hydrogen-bond donors (Lipinski definition) is 2. The third-order valence-corrected chi connectivity index (χ3v) is 4.60. The van der Waals surface area contributed by atoms with Crippen LogP contribution in [0.25, 0.3) is 0 Å². The molecule has 0 saturated carbocycles. The lowest BCUT2D eigenvalue weighted by Crippen LogP contribution is -2.09. The quantitative estimate of drug-likeness (QED) is 0.614. The lowest BCUT2D eigenvalue weighted by atomic mass is 10.1. The van der Waals surface area contributed by atoms with Crippen LogP contribution in [-0.2, 0) is 0 Å². The maximum Gasteiger partial charge on any atom is 0.225 e. The van der Waals surface area contributed by atoms with E-state index in [1.165, 1.54) is 11.1 Å². The van der Waals surface area contributed by atoms with Crippen molar-refractivity contribution in [2.45, 2.75) is 19.9 Å². The Balaban J connectivity index is 1.73. The summed E-state index contributed by atoms with van der Waals surface area (Å²) in [5.74, 6) is 1.35. The van der Waals surface area contributed by atoms with Crippen LogP contribution in [0.1, 0.15) is 24.1 Å². The Morgan fingerprint density at radius 2 is 1.83 bits per heavy atom. The molecule has 24 heavy (non-hydrogen) atoms. The molecule has 3 rings (SSSR count). The number of halogens is 1. The summed E-state index contributed by atoms with van der Waals surface area (Å²) in [4.78, 5) is 8.84. The summed E-state index contributed by atoms with van der Waals surface area (Å²) >= 11 is 3.55. The average Bonchev–Trinajstić information content (AvgIpc) is 2.59. The van der Waals surface area contributed by atoms with Gasteiger partial charge in [-0.2, -0.15) is 4.98 Å². The first-order valence-corrected chi connectivity index (χ1v) is 8.59. The van der Waals surface area contributed by atoms with Crippen molar-refractivity contribution >= 4 is 33.4 Å². The van der Waals surface area contributed by atoms with Gasteiger partial charge in [-0.15, -0.1) is 0 Å². The Labute approximate surface area is 150 Å². The van der Waals surface area contributed by atoms with Crippen LogP contribution < -0.4 is 10.6 Å². The van der Waals surface area contributed by atoms with Crippen LogP contribution in [0.4, 0.5) is 17.5 Å². The second kappa shape index (κ2) is 7.45. The summed E-state index contributed by atoms with van der Waals surface area (Å²) in [6, 6.07) is 18.4. The van der Waals surface area contributed by atoms with Crippen molar-refractivity contribution in [1.29, 1.82) is 0 Å². The molecule has 0 aliphatic heterocycles. The third-order valence-electron chi connectivity index (χ3n) is 3.74. The molecule has 0 saturated heterocycles. The van der Waals surface area contributed by atoms with E-state index in [4.69, 9.17) is 0 Å². The van der Waals surface area contributed by atoms with E-state index >= 15 is 0 Å². The summed E-state index contributed by atoms with van der Waals surface area (Å²) in [6.45, 7) is 4.15. The van der Waals surface area contributed by atoms with Crippen LogP contribution in [0.5, 0.6) is 0 Å². The van der Waals surface area contributed by atoms with Crippen LogP contribution >= 0.6 is 15.9 Å². The van der Waals surface area contributed by atoms with Crippen LogP contribution in [0, 0.1) is 6.92 Å². The first-order chi connectivity index (χ1) is 11.6. The van der Waals surface area contributed by atoms with Crippen molar-refractivity contribution in [2.75, 3.05) is 10.6 Å². The first-order valence-electron chi connectivity index (χ1n) is 7.79. The Morgan fingerprint density at radius 1 is 1.04 bits per heavy atom. The lowest BCUT2D eigenvalue weighted by molar-refractivity contribution is 0.861. The van der Waals surface area contributed by atoms with Crippen LogP contribution in [-0.4, -0.2) is 9.97 Å². The van der Waals surface area contributed by atoms with E-state index in [1.807, 2.05) is 36.4 Å². The molecule has 4 nitrogen and oxygen atoms in total. The van der Waals surface area contributed by atoms with E-state index in [1.54, 1.807) is 6.20 Å². The molecule has 2 N–H and O–H groups in total. The molecule has 0 aliphatic rings. The van der Waals surface area contributed by atoms with E-state index in [0.29, 0.717) is 5.95 Å². The summed E-state index contributed by atoms with van der Waals surface area (Å²) in [5.41, 5.74) is 3.37. The molecule has 0 amide bonds. The van der Waals surface area contributed by atoms with Gasteiger partial charge in [-0.05, 0) is 43.2 Å². The van der Waals surface area contributed by atoms with Gasteiger partial charge < -0.3 is 10.6 Å². The zero-order chi connectivity index (χ0) is 16.9. The second-order valence-corrected chi connectivity index (χ2v) is 6.49. The van der Waals surface area contributed by atoms with Crippen LogP contribution in [0.15, 0.2) is 65.3 Å². The minimum absolute atomic E-state index is 0.134. The van der Waals surface area contributed by atoms with Crippen molar-refractivity contribution in [2.24, 2.45) is 0 Å². The number of nitrogens with one attached hydrogen (secondary N) is 2. The summed E-state index contributed by atoms with van der Waals surface area (Å²) in [6.07, 6.45) is 1.75. The van der Waals surface area contributed by atoms with Crippen LogP contribution in [0.3, 0.4) is 0 Å². The lowest BCUT2D eigenvalue weighted by Gasteiger charge is -2.15. The zero-order valence-electron chi connectivity index (χ0n) is 13.6. The standard InChI is InChI=1S/C19H19BrN4/c1-13-8-9-16(12-17(13)20)23-18-10-11-21-19(24-18)22-14(2)15-6-4-3-5-7-15/h3-12,14H,1-2H3,(H2,21,22,23,24). The van der Waals surface area contributed by atoms with Gasteiger partial charge >= 0.3 is 0 Å².